The largest absolute Gasteiger partial charge is 0.314 e. The van der Waals surface area contributed by atoms with Crippen LogP contribution in [0.4, 0.5) is 0 Å². The third kappa shape index (κ3) is 1.47. The summed E-state index contributed by atoms with van der Waals surface area (Å²) in [6, 6.07) is 8.61. The second-order valence-electron chi connectivity index (χ2n) is 3.14. The van der Waals surface area contributed by atoms with E-state index in [2.05, 4.69) is 5.32 Å². The van der Waals surface area contributed by atoms with Crippen molar-refractivity contribution in [3.05, 3.63) is 30.3 Å². The van der Waals surface area contributed by atoms with Gasteiger partial charge in [-0.05, 0) is 12.1 Å². The molecular weight excluding hydrogens is 186 g/mol. The molecule has 70 valence electrons. The first-order valence-electron chi connectivity index (χ1n) is 4.21. The molecule has 0 saturated carbocycles. The van der Waals surface area contributed by atoms with E-state index in [4.69, 9.17) is 0 Å². The first kappa shape index (κ1) is 8.72. The Morgan fingerprint density at radius 3 is 2.23 bits per heavy atom. The van der Waals surface area contributed by atoms with Crippen LogP contribution in [0.15, 0.2) is 35.2 Å². The fourth-order valence-corrected chi connectivity index (χ4v) is 2.88. The van der Waals surface area contributed by atoms with E-state index in [0.29, 0.717) is 18.0 Å². The molecule has 1 saturated heterocycles. The Bertz CT molecular complexity index is 381. The number of sulfone groups is 1. The third-order valence-corrected chi connectivity index (χ3v) is 4.39. The normalized spacial score (nSPS) is 18.2. The highest BCUT2D eigenvalue weighted by Gasteiger charge is 2.31. The predicted octanol–water partition coefficient (Wildman–Crippen LogP) is 0.432. The molecule has 0 atom stereocenters. The Morgan fingerprint density at radius 1 is 1.15 bits per heavy atom. The first-order valence-corrected chi connectivity index (χ1v) is 5.75. The van der Waals surface area contributed by atoms with E-state index in [-0.39, 0.29) is 5.25 Å². The SMILES string of the molecule is O=S(=O)(c1ccccc1)C1CNC1. The fourth-order valence-electron chi connectivity index (χ4n) is 1.28. The van der Waals surface area contributed by atoms with E-state index in [1.165, 1.54) is 0 Å². The van der Waals surface area contributed by atoms with Crippen LogP contribution < -0.4 is 5.32 Å². The van der Waals surface area contributed by atoms with Gasteiger partial charge in [-0.2, -0.15) is 0 Å². The molecule has 13 heavy (non-hydrogen) atoms. The topological polar surface area (TPSA) is 46.2 Å². The summed E-state index contributed by atoms with van der Waals surface area (Å²) in [4.78, 5) is 0.432. The van der Waals surface area contributed by atoms with Crippen molar-refractivity contribution >= 4 is 9.84 Å². The van der Waals surface area contributed by atoms with Crippen molar-refractivity contribution in [1.82, 2.24) is 5.32 Å². The van der Waals surface area contributed by atoms with Gasteiger partial charge < -0.3 is 5.32 Å². The molecule has 3 nitrogen and oxygen atoms in total. The van der Waals surface area contributed by atoms with Crippen LogP contribution in [0.2, 0.25) is 0 Å². The second-order valence-corrected chi connectivity index (χ2v) is 5.37. The standard InChI is InChI=1S/C9H11NO2S/c11-13(12,9-6-10-7-9)8-4-2-1-3-5-8/h1-5,9-10H,6-7H2. The quantitative estimate of drug-likeness (QED) is 0.748. The van der Waals surface area contributed by atoms with E-state index in [0.717, 1.165) is 0 Å². The Morgan fingerprint density at radius 2 is 1.77 bits per heavy atom. The molecule has 0 aromatic heterocycles. The van der Waals surface area contributed by atoms with Gasteiger partial charge in [0.25, 0.3) is 0 Å². The molecule has 2 rings (SSSR count). The van der Waals surface area contributed by atoms with Crippen LogP contribution in [0.1, 0.15) is 0 Å². The molecule has 1 fully saturated rings. The van der Waals surface area contributed by atoms with Crippen LogP contribution in [-0.4, -0.2) is 26.8 Å². The maximum Gasteiger partial charge on any atom is 0.183 e. The molecule has 0 radical (unpaired) electrons. The Hall–Kier alpha value is -0.870. The maximum atomic E-state index is 11.8. The monoisotopic (exact) mass is 197 g/mol. The van der Waals surface area contributed by atoms with Crippen LogP contribution in [0.5, 0.6) is 0 Å². The molecule has 0 unspecified atom stereocenters. The summed E-state index contributed by atoms with van der Waals surface area (Å²) in [5.74, 6) is 0. The lowest BCUT2D eigenvalue weighted by Gasteiger charge is -2.26. The van der Waals surface area contributed by atoms with Gasteiger partial charge in [0.1, 0.15) is 0 Å². The Labute approximate surface area is 77.7 Å². The predicted molar refractivity (Wildman–Crippen MR) is 50.3 cm³/mol. The van der Waals surface area contributed by atoms with Gasteiger partial charge in [-0.1, -0.05) is 18.2 Å². The van der Waals surface area contributed by atoms with Gasteiger partial charge in [0.05, 0.1) is 10.1 Å². The van der Waals surface area contributed by atoms with Crippen molar-refractivity contribution in [2.45, 2.75) is 10.1 Å². The average molecular weight is 197 g/mol. The second kappa shape index (κ2) is 3.12. The molecule has 4 heteroatoms. The number of hydrogen-bond acceptors (Lipinski definition) is 3. The summed E-state index contributed by atoms with van der Waals surface area (Å²) in [5, 5.41) is 2.73. The van der Waals surface area contributed by atoms with Crippen molar-refractivity contribution in [1.29, 1.82) is 0 Å². The molecule has 1 aliphatic heterocycles. The van der Waals surface area contributed by atoms with E-state index in [9.17, 15) is 8.42 Å². The fraction of sp³-hybridized carbons (Fsp3) is 0.333. The van der Waals surface area contributed by atoms with E-state index in [1.54, 1.807) is 24.3 Å². The lowest BCUT2D eigenvalue weighted by atomic mass is 10.3. The highest BCUT2D eigenvalue weighted by molar-refractivity contribution is 7.92. The minimum atomic E-state index is -3.06. The van der Waals surface area contributed by atoms with Gasteiger partial charge in [0, 0.05) is 13.1 Å². The number of nitrogens with one attached hydrogen (secondary N) is 1. The zero-order chi connectivity index (χ0) is 9.31. The lowest BCUT2D eigenvalue weighted by molar-refractivity contribution is 0.495. The van der Waals surface area contributed by atoms with E-state index >= 15 is 0 Å². The molecule has 0 amide bonds. The summed E-state index contributed by atoms with van der Waals surface area (Å²) in [7, 11) is -3.06. The molecule has 0 bridgehead atoms. The molecule has 1 N–H and O–H groups in total. The Kier molecular flexibility index (Phi) is 2.09. The van der Waals surface area contributed by atoms with E-state index < -0.39 is 9.84 Å². The van der Waals surface area contributed by atoms with Gasteiger partial charge in [0.15, 0.2) is 9.84 Å². The average Bonchev–Trinajstić information content (AvgIpc) is 2.02. The summed E-state index contributed by atoms with van der Waals surface area (Å²) in [5.41, 5.74) is 0. The summed E-state index contributed by atoms with van der Waals surface area (Å²) >= 11 is 0. The van der Waals surface area contributed by atoms with Gasteiger partial charge in [0.2, 0.25) is 0 Å². The van der Waals surface area contributed by atoms with Gasteiger partial charge in [-0.15, -0.1) is 0 Å². The van der Waals surface area contributed by atoms with Crippen molar-refractivity contribution in [2.75, 3.05) is 13.1 Å². The van der Waals surface area contributed by atoms with E-state index in [1.807, 2.05) is 6.07 Å². The van der Waals surface area contributed by atoms with Gasteiger partial charge in [-0.25, -0.2) is 8.42 Å². The Balaban J connectivity index is 2.35. The molecule has 1 aromatic rings. The molecule has 0 spiro atoms. The molecule has 1 heterocycles. The summed E-state index contributed by atoms with van der Waals surface area (Å²) in [6.45, 7) is 1.16. The van der Waals surface area contributed by atoms with Crippen LogP contribution in [0, 0.1) is 0 Å². The molecular formula is C9H11NO2S. The third-order valence-electron chi connectivity index (χ3n) is 2.25. The van der Waals surface area contributed by atoms with Crippen LogP contribution in [0.25, 0.3) is 0 Å². The van der Waals surface area contributed by atoms with Crippen LogP contribution in [0.3, 0.4) is 0 Å². The first-order chi connectivity index (χ1) is 6.21. The number of rotatable bonds is 2. The van der Waals surface area contributed by atoms with Gasteiger partial charge >= 0.3 is 0 Å². The highest BCUT2D eigenvalue weighted by atomic mass is 32.2. The van der Waals surface area contributed by atoms with Crippen LogP contribution in [-0.2, 0) is 9.84 Å². The molecule has 0 aliphatic carbocycles. The van der Waals surface area contributed by atoms with Crippen molar-refractivity contribution in [3.63, 3.8) is 0 Å². The maximum absolute atomic E-state index is 11.8. The van der Waals surface area contributed by atoms with Crippen LogP contribution >= 0.6 is 0 Å². The number of hydrogen-bond donors (Lipinski definition) is 1. The minimum Gasteiger partial charge on any atom is -0.314 e. The molecule has 1 aromatic carbocycles. The smallest absolute Gasteiger partial charge is 0.183 e. The van der Waals surface area contributed by atoms with Crippen molar-refractivity contribution in [3.8, 4) is 0 Å². The number of benzene rings is 1. The molecule has 1 aliphatic rings. The summed E-state index contributed by atoms with van der Waals surface area (Å²) < 4.78 is 23.5. The zero-order valence-corrected chi connectivity index (χ0v) is 7.92. The summed E-state index contributed by atoms with van der Waals surface area (Å²) in [6.07, 6.45) is 0. The van der Waals surface area contributed by atoms with Gasteiger partial charge in [-0.3, -0.25) is 0 Å². The van der Waals surface area contributed by atoms with Crippen molar-refractivity contribution in [2.24, 2.45) is 0 Å². The van der Waals surface area contributed by atoms with Crippen molar-refractivity contribution < 1.29 is 8.42 Å². The highest BCUT2D eigenvalue weighted by Crippen LogP contribution is 2.17. The minimum absolute atomic E-state index is 0.227. The zero-order valence-electron chi connectivity index (χ0n) is 7.10. The lowest BCUT2D eigenvalue weighted by Crippen LogP contribution is -2.51.